The molecule has 0 fully saturated rings. The summed E-state index contributed by atoms with van der Waals surface area (Å²) in [6.45, 7) is 4.62. The summed E-state index contributed by atoms with van der Waals surface area (Å²) in [7, 11) is -2.01. The number of hydrogen-bond donors (Lipinski definition) is 0. The van der Waals surface area contributed by atoms with Crippen LogP contribution in [0.5, 0.6) is 0 Å². The Morgan fingerprint density at radius 1 is 1.19 bits per heavy atom. The van der Waals surface area contributed by atoms with Crippen LogP contribution in [0, 0.1) is 0 Å². The molecule has 0 aliphatic rings. The van der Waals surface area contributed by atoms with Gasteiger partial charge in [0.2, 0.25) is 0 Å². The molecular weight excluding hydrogens is 389 g/mol. The van der Waals surface area contributed by atoms with E-state index in [9.17, 15) is 21.6 Å². The fourth-order valence-corrected chi connectivity index (χ4v) is 33.5. The van der Waals surface area contributed by atoms with Gasteiger partial charge in [0.15, 0.2) is 0 Å². The van der Waals surface area contributed by atoms with Crippen molar-refractivity contribution >= 4 is 44.7 Å². The Hall–Kier alpha value is 1.01. The summed E-state index contributed by atoms with van der Waals surface area (Å²) in [5.74, 6) is 0. The van der Waals surface area contributed by atoms with Gasteiger partial charge in [0, 0.05) is 0 Å². The van der Waals surface area contributed by atoms with Crippen molar-refractivity contribution in [2.45, 2.75) is 35.0 Å². The number of alkyl halides is 3. The second-order valence-corrected chi connectivity index (χ2v) is 29.4. The van der Waals surface area contributed by atoms with Crippen molar-refractivity contribution in [3.8, 4) is 0 Å². The molecule has 0 saturated carbocycles. The first kappa shape index (κ1) is 17.0. The molecule has 10 heteroatoms. The van der Waals surface area contributed by atoms with Crippen LogP contribution in [0.3, 0.4) is 0 Å². The van der Waals surface area contributed by atoms with Gasteiger partial charge in [-0.15, -0.1) is 0 Å². The molecule has 0 amide bonds. The van der Waals surface area contributed by atoms with E-state index in [4.69, 9.17) is 8.92 Å². The fourth-order valence-electron chi connectivity index (χ4n) is 1.55. The van der Waals surface area contributed by atoms with Gasteiger partial charge in [-0.25, -0.2) is 0 Å². The molecule has 0 atom stereocenters. The number of halogens is 4. The van der Waals surface area contributed by atoms with Gasteiger partial charge in [-0.05, 0) is 0 Å². The first-order chi connectivity index (χ1) is 6.62. The van der Waals surface area contributed by atoms with Crippen LogP contribution in [0.4, 0.5) is 13.2 Å². The van der Waals surface area contributed by atoms with Gasteiger partial charge in [-0.2, -0.15) is 0 Å². The first-order valence-corrected chi connectivity index (χ1v) is 19.9. The molecule has 0 saturated heterocycles. The summed E-state index contributed by atoms with van der Waals surface area (Å²) in [6, 6.07) is 0. The number of nitrogens with zero attached hydrogens (tertiary/aromatic N) is 1. The van der Waals surface area contributed by atoms with Crippen LogP contribution in [0.15, 0.2) is 0 Å². The van der Waals surface area contributed by atoms with Crippen LogP contribution in [-0.4, -0.2) is 41.9 Å². The molecule has 3 nitrogen and oxygen atoms in total. The van der Waals surface area contributed by atoms with Crippen LogP contribution in [0.25, 0.3) is 0 Å². The third-order valence-corrected chi connectivity index (χ3v) is 26.4. The molecule has 0 N–H and O–H groups in total. The van der Waals surface area contributed by atoms with E-state index in [1.165, 1.54) is 29.5 Å². The average molecular weight is 405 g/mol. The van der Waals surface area contributed by atoms with E-state index in [2.05, 4.69) is 0 Å². The van der Waals surface area contributed by atoms with Crippen LogP contribution in [-0.2, 0) is 10.0 Å². The number of rotatable bonds is 3. The molecule has 0 aliphatic heterocycles. The third kappa shape index (κ3) is 3.75. The zero-order valence-electron chi connectivity index (χ0n) is 9.68. The summed E-state index contributed by atoms with van der Waals surface area (Å²) in [6.07, 6.45) is 0. The zero-order valence-corrected chi connectivity index (χ0v) is 15.1. The molecule has 0 unspecified atom stereocenters. The van der Waals surface area contributed by atoms with E-state index in [1.807, 2.05) is 0 Å². The van der Waals surface area contributed by atoms with E-state index in [-0.39, 0.29) is 0 Å². The van der Waals surface area contributed by atoms with Gasteiger partial charge in [0.25, 0.3) is 0 Å². The molecule has 0 spiro atoms. The van der Waals surface area contributed by atoms with Crippen LogP contribution >= 0.6 is 8.92 Å². The number of sulfonamides is 1. The summed E-state index contributed by atoms with van der Waals surface area (Å²) < 4.78 is 61.0. The Balaban J connectivity index is 5.78. The molecular formula is C6H15ClF3NO2SSiSn. The Labute approximate surface area is 103 Å². The average Bonchev–Trinajstić information content (AvgIpc) is 1.72. The Bertz CT molecular complexity index is 345. The second kappa shape index (κ2) is 4.60. The molecule has 98 valence electrons. The molecule has 0 aliphatic carbocycles. The van der Waals surface area contributed by atoms with Gasteiger partial charge >= 0.3 is 104 Å². The number of hydrogen-bond acceptors (Lipinski definition) is 2. The van der Waals surface area contributed by atoms with E-state index in [0.29, 0.717) is 2.19 Å². The first-order valence-electron chi connectivity index (χ1n) is 4.42. The maximum atomic E-state index is 12.5. The predicted octanol–water partition coefficient (Wildman–Crippen LogP) is 2.91. The summed E-state index contributed by atoms with van der Waals surface area (Å²) in [5.41, 5.74) is -5.27. The fraction of sp³-hybridized carbons (Fsp3) is 1.00. The monoisotopic (exact) mass is 405 g/mol. The van der Waals surface area contributed by atoms with Gasteiger partial charge in [0.05, 0.1) is 0 Å². The van der Waals surface area contributed by atoms with Crippen LogP contribution < -0.4 is 0 Å². The second-order valence-electron chi connectivity index (χ2n) is 4.80. The molecule has 0 aromatic carbocycles. The maximum absolute atomic E-state index is 12.5. The standard InChI is InChI=1S/C4H9F3NO2SSi.2CH3.ClH.Sn/c1-12(2,3)8-11(9,10)4(5,6)7;;;;/h1-3H3;2*1H3;1H;/q-1;;;;+2/p-1. The topological polar surface area (TPSA) is 37.4 Å². The van der Waals surface area contributed by atoms with E-state index >= 15 is 0 Å². The van der Waals surface area contributed by atoms with Crippen molar-refractivity contribution in [1.82, 2.24) is 2.19 Å². The van der Waals surface area contributed by atoms with Crippen molar-refractivity contribution in [3.05, 3.63) is 0 Å². The predicted molar refractivity (Wildman–Crippen MR) is 63.5 cm³/mol. The summed E-state index contributed by atoms with van der Waals surface area (Å²) >= 11 is -3.88. The Morgan fingerprint density at radius 2 is 1.50 bits per heavy atom. The van der Waals surface area contributed by atoms with Crippen LogP contribution in [0.1, 0.15) is 0 Å². The quantitative estimate of drug-likeness (QED) is 0.679. The molecule has 0 heterocycles. The van der Waals surface area contributed by atoms with Crippen molar-refractivity contribution in [2.75, 3.05) is 0 Å². The van der Waals surface area contributed by atoms with Crippen molar-refractivity contribution in [2.24, 2.45) is 0 Å². The van der Waals surface area contributed by atoms with Gasteiger partial charge < -0.3 is 0 Å². The minimum atomic E-state index is -5.30. The van der Waals surface area contributed by atoms with Crippen LogP contribution in [0.2, 0.25) is 29.5 Å². The summed E-state index contributed by atoms with van der Waals surface area (Å²) in [4.78, 5) is 2.88. The van der Waals surface area contributed by atoms with Gasteiger partial charge in [-0.1, -0.05) is 0 Å². The van der Waals surface area contributed by atoms with E-state index in [1.54, 1.807) is 0 Å². The van der Waals surface area contributed by atoms with Gasteiger partial charge in [-0.3, -0.25) is 0 Å². The molecule has 0 rings (SSSR count). The molecule has 0 aromatic heterocycles. The minimum absolute atomic E-state index is 0.607. The molecule has 0 bridgehead atoms. The third-order valence-electron chi connectivity index (χ3n) is 1.63. The van der Waals surface area contributed by atoms with Crippen molar-refractivity contribution < 1.29 is 21.6 Å². The van der Waals surface area contributed by atoms with Crippen molar-refractivity contribution in [1.29, 1.82) is 0 Å². The van der Waals surface area contributed by atoms with E-state index < -0.39 is 41.3 Å². The van der Waals surface area contributed by atoms with E-state index in [0.717, 1.165) is 0 Å². The van der Waals surface area contributed by atoms with Gasteiger partial charge in [0.1, 0.15) is 0 Å². The molecule has 0 aromatic rings. The normalized spacial score (nSPS) is 15.6. The SMILES string of the molecule is C[Si](C)(C)[N](S(=O)(=O)C(F)(F)F)[Sn]([CH3])([CH3])[Cl]. The molecule has 16 heavy (non-hydrogen) atoms. The zero-order chi connectivity index (χ0) is 13.6. The Morgan fingerprint density at radius 3 is 1.56 bits per heavy atom. The Kier molecular flexibility index (Phi) is 4.88. The summed E-state index contributed by atoms with van der Waals surface area (Å²) in [5, 5.41) is 0. The van der Waals surface area contributed by atoms with Crippen molar-refractivity contribution in [3.63, 3.8) is 0 Å². The molecule has 0 radical (unpaired) electrons.